The van der Waals surface area contributed by atoms with Gasteiger partial charge >= 0.3 is 5.97 Å². The first-order valence-electron chi connectivity index (χ1n) is 5.90. The molecular formula is C13H24O2. The van der Waals surface area contributed by atoms with E-state index < -0.39 is 0 Å². The molecule has 0 heterocycles. The van der Waals surface area contributed by atoms with Gasteiger partial charge in [0.2, 0.25) is 0 Å². The zero-order valence-electron chi connectivity index (χ0n) is 10.5. The van der Waals surface area contributed by atoms with Gasteiger partial charge in [0.25, 0.3) is 0 Å². The monoisotopic (exact) mass is 212 g/mol. The molecule has 0 radical (unpaired) electrons. The molecule has 0 N–H and O–H groups in total. The minimum atomic E-state index is -0.197. The lowest BCUT2D eigenvalue weighted by Crippen LogP contribution is -2.07. The summed E-state index contributed by atoms with van der Waals surface area (Å²) in [6, 6.07) is 0. The van der Waals surface area contributed by atoms with E-state index in [2.05, 4.69) is 6.92 Å². The molecule has 0 aromatic carbocycles. The maximum atomic E-state index is 11.3. The van der Waals surface area contributed by atoms with Crippen LogP contribution in [-0.4, -0.2) is 12.6 Å². The predicted octanol–water partition coefficient (Wildman–Crippen LogP) is 3.71. The maximum Gasteiger partial charge on any atom is 0.330 e. The van der Waals surface area contributed by atoms with Gasteiger partial charge in [0, 0.05) is 6.08 Å². The molecule has 0 aromatic heterocycles. The van der Waals surface area contributed by atoms with Crippen LogP contribution in [0.3, 0.4) is 0 Å². The molecule has 0 aliphatic rings. The van der Waals surface area contributed by atoms with Crippen LogP contribution in [0.15, 0.2) is 11.6 Å². The third-order valence-corrected chi connectivity index (χ3v) is 2.10. The van der Waals surface area contributed by atoms with Crippen LogP contribution in [0.2, 0.25) is 0 Å². The van der Waals surface area contributed by atoms with Crippen molar-refractivity contribution in [1.29, 1.82) is 0 Å². The quantitative estimate of drug-likeness (QED) is 0.365. The van der Waals surface area contributed by atoms with Gasteiger partial charge in [-0.2, -0.15) is 0 Å². The first kappa shape index (κ1) is 14.2. The minimum Gasteiger partial charge on any atom is -0.462 e. The van der Waals surface area contributed by atoms with Crippen molar-refractivity contribution in [3.05, 3.63) is 11.6 Å². The van der Waals surface area contributed by atoms with Crippen LogP contribution in [0.4, 0.5) is 0 Å². The molecule has 2 heteroatoms. The summed E-state index contributed by atoms with van der Waals surface area (Å²) in [5.41, 5.74) is 1.12. The lowest BCUT2D eigenvalue weighted by molar-refractivity contribution is -0.138. The molecule has 0 spiro atoms. The van der Waals surface area contributed by atoms with Crippen LogP contribution in [-0.2, 0) is 9.53 Å². The van der Waals surface area contributed by atoms with Crippen LogP contribution in [0.1, 0.15) is 53.4 Å². The van der Waals surface area contributed by atoms with E-state index in [4.69, 9.17) is 4.74 Å². The second kappa shape index (κ2) is 8.51. The number of hydrogen-bond acceptors (Lipinski definition) is 2. The van der Waals surface area contributed by atoms with Gasteiger partial charge in [-0.1, -0.05) is 39.2 Å². The molecule has 88 valence electrons. The molecule has 0 rings (SSSR count). The minimum absolute atomic E-state index is 0.197. The summed E-state index contributed by atoms with van der Waals surface area (Å²) >= 11 is 0. The molecule has 2 nitrogen and oxygen atoms in total. The Morgan fingerprint density at radius 2 is 2.00 bits per heavy atom. The van der Waals surface area contributed by atoms with Crippen LogP contribution >= 0.6 is 0 Å². The molecule has 15 heavy (non-hydrogen) atoms. The van der Waals surface area contributed by atoms with E-state index in [0.29, 0.717) is 12.5 Å². The number of allylic oxidation sites excluding steroid dienone is 1. The Morgan fingerprint density at radius 3 is 2.53 bits per heavy atom. The van der Waals surface area contributed by atoms with Gasteiger partial charge in [-0.15, -0.1) is 0 Å². The molecule has 0 saturated carbocycles. The van der Waals surface area contributed by atoms with E-state index in [-0.39, 0.29) is 5.97 Å². The Kier molecular flexibility index (Phi) is 8.06. The van der Waals surface area contributed by atoms with Crippen molar-refractivity contribution >= 4 is 5.97 Å². The van der Waals surface area contributed by atoms with E-state index in [1.165, 1.54) is 12.8 Å². The second-order valence-corrected chi connectivity index (χ2v) is 4.47. The highest BCUT2D eigenvalue weighted by Crippen LogP contribution is 2.08. The number of carbonyl (C=O) groups is 1. The van der Waals surface area contributed by atoms with Crippen molar-refractivity contribution < 1.29 is 9.53 Å². The summed E-state index contributed by atoms with van der Waals surface area (Å²) < 4.78 is 5.07. The number of rotatable bonds is 7. The van der Waals surface area contributed by atoms with E-state index in [0.717, 1.165) is 18.4 Å². The lowest BCUT2D eigenvalue weighted by Gasteiger charge is -2.05. The molecule has 0 atom stereocenters. The topological polar surface area (TPSA) is 26.3 Å². The number of ether oxygens (including phenoxy) is 1. The van der Waals surface area contributed by atoms with Crippen molar-refractivity contribution in [2.24, 2.45) is 5.92 Å². The van der Waals surface area contributed by atoms with Gasteiger partial charge in [0.1, 0.15) is 0 Å². The Morgan fingerprint density at radius 1 is 1.33 bits per heavy atom. The zero-order chi connectivity index (χ0) is 11.7. The van der Waals surface area contributed by atoms with Crippen molar-refractivity contribution in [2.45, 2.75) is 53.4 Å². The summed E-state index contributed by atoms with van der Waals surface area (Å²) in [6.45, 7) is 8.75. The average molecular weight is 212 g/mol. The molecule has 0 bridgehead atoms. The van der Waals surface area contributed by atoms with Gasteiger partial charge < -0.3 is 4.74 Å². The average Bonchev–Trinajstić information content (AvgIpc) is 2.15. The molecule has 0 aliphatic heterocycles. The third-order valence-electron chi connectivity index (χ3n) is 2.10. The van der Waals surface area contributed by atoms with Gasteiger partial charge in [0.15, 0.2) is 0 Å². The largest absolute Gasteiger partial charge is 0.462 e. The van der Waals surface area contributed by atoms with Crippen molar-refractivity contribution in [2.75, 3.05) is 6.61 Å². The molecule has 0 aliphatic carbocycles. The van der Waals surface area contributed by atoms with Gasteiger partial charge in [-0.3, -0.25) is 0 Å². The van der Waals surface area contributed by atoms with E-state index in [1.807, 2.05) is 20.8 Å². The van der Waals surface area contributed by atoms with Gasteiger partial charge in [-0.05, 0) is 25.7 Å². The Labute approximate surface area is 93.7 Å². The van der Waals surface area contributed by atoms with Crippen molar-refractivity contribution in [3.63, 3.8) is 0 Å². The summed E-state index contributed by atoms with van der Waals surface area (Å²) in [5, 5.41) is 0. The molecular weight excluding hydrogens is 188 g/mol. The Hall–Kier alpha value is -0.790. The third kappa shape index (κ3) is 9.51. The second-order valence-electron chi connectivity index (χ2n) is 4.47. The maximum absolute atomic E-state index is 11.3. The Balaban J connectivity index is 3.74. The molecule has 0 fully saturated rings. The van der Waals surface area contributed by atoms with E-state index in [1.54, 1.807) is 6.08 Å². The molecule has 0 saturated heterocycles. The highest BCUT2D eigenvalue weighted by Gasteiger charge is 2.01. The van der Waals surface area contributed by atoms with E-state index >= 15 is 0 Å². The first-order chi connectivity index (χ1) is 7.06. The number of esters is 1. The van der Waals surface area contributed by atoms with Crippen LogP contribution in [0.25, 0.3) is 0 Å². The summed E-state index contributed by atoms with van der Waals surface area (Å²) in [5.74, 6) is 0.209. The molecule has 0 aromatic rings. The summed E-state index contributed by atoms with van der Waals surface area (Å²) in [4.78, 5) is 11.3. The fraction of sp³-hybridized carbons (Fsp3) is 0.769. The van der Waals surface area contributed by atoms with Gasteiger partial charge in [-0.25, -0.2) is 4.79 Å². The van der Waals surface area contributed by atoms with Gasteiger partial charge in [0.05, 0.1) is 6.61 Å². The lowest BCUT2D eigenvalue weighted by atomic mass is 10.1. The summed E-state index contributed by atoms with van der Waals surface area (Å²) in [7, 11) is 0. The highest BCUT2D eigenvalue weighted by molar-refractivity contribution is 5.82. The fourth-order valence-electron chi connectivity index (χ4n) is 1.22. The SMILES string of the molecule is CCCCC/C(C)=C/C(=O)OCC(C)C. The van der Waals surface area contributed by atoms with Crippen molar-refractivity contribution in [3.8, 4) is 0 Å². The van der Waals surface area contributed by atoms with Crippen LogP contribution in [0.5, 0.6) is 0 Å². The highest BCUT2D eigenvalue weighted by atomic mass is 16.5. The standard InChI is InChI=1S/C13H24O2/c1-5-6-7-8-12(4)9-13(14)15-10-11(2)3/h9,11H,5-8,10H2,1-4H3/b12-9+. The van der Waals surface area contributed by atoms with Crippen molar-refractivity contribution in [1.82, 2.24) is 0 Å². The predicted molar refractivity (Wildman–Crippen MR) is 63.7 cm³/mol. The fourth-order valence-corrected chi connectivity index (χ4v) is 1.22. The van der Waals surface area contributed by atoms with Crippen LogP contribution in [0, 0.1) is 5.92 Å². The van der Waals surface area contributed by atoms with Crippen LogP contribution < -0.4 is 0 Å². The normalized spacial score (nSPS) is 11.9. The number of hydrogen-bond donors (Lipinski definition) is 0. The smallest absolute Gasteiger partial charge is 0.330 e. The Bertz CT molecular complexity index is 205. The first-order valence-corrected chi connectivity index (χ1v) is 5.90. The molecule has 0 amide bonds. The summed E-state index contributed by atoms with van der Waals surface area (Å²) in [6.07, 6.45) is 6.23. The zero-order valence-corrected chi connectivity index (χ0v) is 10.5. The van der Waals surface area contributed by atoms with E-state index in [9.17, 15) is 4.79 Å². The number of carbonyl (C=O) groups excluding carboxylic acids is 1. The molecule has 0 unspecified atom stereocenters. The number of unbranched alkanes of at least 4 members (excludes halogenated alkanes) is 2.